The van der Waals surface area contributed by atoms with Crippen molar-refractivity contribution in [3.63, 3.8) is 0 Å². The molecule has 0 aromatic rings. The number of hydrogen-bond acceptors (Lipinski definition) is 2. The summed E-state index contributed by atoms with van der Waals surface area (Å²) >= 11 is 0. The van der Waals surface area contributed by atoms with Gasteiger partial charge in [-0.3, -0.25) is 0 Å². The average molecular weight is 172 g/mol. The van der Waals surface area contributed by atoms with Gasteiger partial charge in [0, 0.05) is 13.2 Å². The van der Waals surface area contributed by atoms with Crippen molar-refractivity contribution >= 4 is 0 Å². The summed E-state index contributed by atoms with van der Waals surface area (Å²) in [6.45, 7) is 7.53. The first-order chi connectivity index (χ1) is 5.53. The third-order valence-corrected chi connectivity index (χ3v) is 2.49. The minimum absolute atomic E-state index is 0.0225. The van der Waals surface area contributed by atoms with Gasteiger partial charge in [0.25, 0.3) is 0 Å². The monoisotopic (exact) mass is 172 g/mol. The number of hydrogen-bond donors (Lipinski definition) is 1. The molecule has 2 heteroatoms. The zero-order valence-electron chi connectivity index (χ0n) is 8.34. The quantitative estimate of drug-likeness (QED) is 0.703. The standard InChI is InChI=1S/C10H20O2/c1-8-4-9(12-6-8)5-10(2,3)7-11/h8-9,11H,4-7H2,1-3H3. The minimum atomic E-state index is 0.0225. The van der Waals surface area contributed by atoms with Crippen molar-refractivity contribution in [2.24, 2.45) is 11.3 Å². The van der Waals surface area contributed by atoms with Crippen molar-refractivity contribution in [2.45, 2.75) is 39.7 Å². The lowest BCUT2D eigenvalue weighted by atomic mass is 9.86. The molecule has 0 saturated carbocycles. The zero-order valence-corrected chi connectivity index (χ0v) is 8.34. The lowest BCUT2D eigenvalue weighted by Crippen LogP contribution is -2.23. The Bertz CT molecular complexity index is 143. The van der Waals surface area contributed by atoms with E-state index in [9.17, 15) is 0 Å². The van der Waals surface area contributed by atoms with Crippen LogP contribution >= 0.6 is 0 Å². The average Bonchev–Trinajstić information content (AvgIpc) is 2.35. The maximum absolute atomic E-state index is 9.06. The summed E-state index contributed by atoms with van der Waals surface area (Å²) < 4.78 is 5.59. The maximum atomic E-state index is 9.06. The van der Waals surface area contributed by atoms with Crippen LogP contribution in [0.3, 0.4) is 0 Å². The molecular formula is C10H20O2. The van der Waals surface area contributed by atoms with Crippen LogP contribution in [0.25, 0.3) is 0 Å². The van der Waals surface area contributed by atoms with Crippen molar-refractivity contribution in [1.82, 2.24) is 0 Å². The van der Waals surface area contributed by atoms with Gasteiger partial charge < -0.3 is 9.84 Å². The van der Waals surface area contributed by atoms with Gasteiger partial charge in [-0.05, 0) is 24.2 Å². The molecule has 0 amide bonds. The van der Waals surface area contributed by atoms with Crippen LogP contribution in [0, 0.1) is 11.3 Å². The largest absolute Gasteiger partial charge is 0.396 e. The van der Waals surface area contributed by atoms with E-state index in [2.05, 4.69) is 20.8 Å². The van der Waals surface area contributed by atoms with E-state index in [-0.39, 0.29) is 12.0 Å². The number of ether oxygens (including phenoxy) is 1. The molecule has 1 aliphatic heterocycles. The summed E-state index contributed by atoms with van der Waals surface area (Å²) in [5, 5.41) is 9.06. The highest BCUT2D eigenvalue weighted by Crippen LogP contribution is 2.29. The number of rotatable bonds is 3. The Kier molecular flexibility index (Phi) is 3.13. The number of aliphatic hydroxyl groups excluding tert-OH is 1. The van der Waals surface area contributed by atoms with Gasteiger partial charge >= 0.3 is 0 Å². The van der Waals surface area contributed by atoms with Gasteiger partial charge in [-0.1, -0.05) is 20.8 Å². The topological polar surface area (TPSA) is 29.5 Å². The molecule has 0 bridgehead atoms. The Morgan fingerprint density at radius 1 is 1.50 bits per heavy atom. The molecule has 2 unspecified atom stereocenters. The SMILES string of the molecule is CC1COC(CC(C)(C)CO)C1. The number of aliphatic hydroxyl groups is 1. The Morgan fingerprint density at radius 3 is 2.58 bits per heavy atom. The smallest absolute Gasteiger partial charge is 0.0584 e. The van der Waals surface area contributed by atoms with Crippen molar-refractivity contribution < 1.29 is 9.84 Å². The summed E-state index contributed by atoms with van der Waals surface area (Å²) in [6.07, 6.45) is 2.51. The highest BCUT2D eigenvalue weighted by molar-refractivity contribution is 4.78. The van der Waals surface area contributed by atoms with Crippen LogP contribution in [0.1, 0.15) is 33.6 Å². The lowest BCUT2D eigenvalue weighted by Gasteiger charge is -2.24. The Morgan fingerprint density at radius 2 is 2.17 bits per heavy atom. The van der Waals surface area contributed by atoms with Crippen molar-refractivity contribution in [3.8, 4) is 0 Å². The first kappa shape index (κ1) is 10.0. The Balaban J connectivity index is 2.32. The fraction of sp³-hybridized carbons (Fsp3) is 1.00. The highest BCUT2D eigenvalue weighted by atomic mass is 16.5. The molecule has 2 atom stereocenters. The van der Waals surface area contributed by atoms with Gasteiger partial charge in [-0.2, -0.15) is 0 Å². The molecule has 1 aliphatic rings. The van der Waals surface area contributed by atoms with Gasteiger partial charge in [0.15, 0.2) is 0 Å². The molecule has 0 spiro atoms. The van der Waals surface area contributed by atoms with E-state index in [1.807, 2.05) is 0 Å². The van der Waals surface area contributed by atoms with Crippen LogP contribution in [0.15, 0.2) is 0 Å². The van der Waals surface area contributed by atoms with Crippen LogP contribution in [-0.2, 0) is 4.74 Å². The zero-order chi connectivity index (χ0) is 9.19. The van der Waals surface area contributed by atoms with Crippen molar-refractivity contribution in [3.05, 3.63) is 0 Å². The second kappa shape index (κ2) is 3.75. The van der Waals surface area contributed by atoms with Crippen LogP contribution in [0.5, 0.6) is 0 Å². The summed E-state index contributed by atoms with van der Waals surface area (Å²) in [7, 11) is 0. The molecule has 0 radical (unpaired) electrons. The first-order valence-corrected chi connectivity index (χ1v) is 4.76. The molecule has 1 saturated heterocycles. The first-order valence-electron chi connectivity index (χ1n) is 4.76. The van der Waals surface area contributed by atoms with E-state index in [1.165, 1.54) is 0 Å². The molecule has 12 heavy (non-hydrogen) atoms. The van der Waals surface area contributed by atoms with E-state index in [0.717, 1.165) is 19.4 Å². The predicted octanol–water partition coefficient (Wildman–Crippen LogP) is 1.82. The molecule has 1 fully saturated rings. The van der Waals surface area contributed by atoms with E-state index < -0.39 is 0 Å². The van der Waals surface area contributed by atoms with Gasteiger partial charge in [-0.25, -0.2) is 0 Å². The maximum Gasteiger partial charge on any atom is 0.0584 e. The second-order valence-electron chi connectivity index (χ2n) is 4.82. The molecule has 1 heterocycles. The van der Waals surface area contributed by atoms with Gasteiger partial charge in [-0.15, -0.1) is 0 Å². The summed E-state index contributed by atoms with van der Waals surface area (Å²) in [4.78, 5) is 0. The summed E-state index contributed by atoms with van der Waals surface area (Å²) in [6, 6.07) is 0. The molecular weight excluding hydrogens is 152 g/mol. The Labute approximate surface area is 74.9 Å². The van der Waals surface area contributed by atoms with Gasteiger partial charge in [0.2, 0.25) is 0 Å². The third-order valence-electron chi connectivity index (χ3n) is 2.49. The predicted molar refractivity (Wildman–Crippen MR) is 49.0 cm³/mol. The summed E-state index contributed by atoms with van der Waals surface area (Å²) in [5.41, 5.74) is 0.0225. The molecule has 72 valence electrons. The fourth-order valence-electron chi connectivity index (χ4n) is 1.71. The van der Waals surface area contributed by atoms with Gasteiger partial charge in [0.05, 0.1) is 6.10 Å². The van der Waals surface area contributed by atoms with Gasteiger partial charge in [0.1, 0.15) is 0 Å². The van der Waals surface area contributed by atoms with E-state index in [1.54, 1.807) is 0 Å². The molecule has 0 aromatic heterocycles. The van der Waals surface area contributed by atoms with Crippen molar-refractivity contribution in [2.75, 3.05) is 13.2 Å². The van der Waals surface area contributed by atoms with Crippen LogP contribution in [0.2, 0.25) is 0 Å². The molecule has 0 aliphatic carbocycles. The van der Waals surface area contributed by atoms with Crippen LogP contribution in [-0.4, -0.2) is 24.4 Å². The second-order valence-corrected chi connectivity index (χ2v) is 4.82. The van der Waals surface area contributed by atoms with Crippen LogP contribution < -0.4 is 0 Å². The fourth-order valence-corrected chi connectivity index (χ4v) is 1.71. The molecule has 1 rings (SSSR count). The minimum Gasteiger partial charge on any atom is -0.396 e. The lowest BCUT2D eigenvalue weighted by molar-refractivity contribution is 0.0467. The molecule has 1 N–H and O–H groups in total. The van der Waals surface area contributed by atoms with Crippen LogP contribution in [0.4, 0.5) is 0 Å². The van der Waals surface area contributed by atoms with E-state index >= 15 is 0 Å². The Hall–Kier alpha value is -0.0800. The summed E-state index contributed by atoms with van der Waals surface area (Å²) in [5.74, 6) is 0.699. The molecule has 0 aromatic carbocycles. The molecule has 2 nitrogen and oxygen atoms in total. The van der Waals surface area contributed by atoms with E-state index in [4.69, 9.17) is 9.84 Å². The third kappa shape index (κ3) is 2.76. The van der Waals surface area contributed by atoms with E-state index in [0.29, 0.717) is 12.0 Å². The highest BCUT2D eigenvalue weighted by Gasteiger charge is 2.28. The van der Waals surface area contributed by atoms with Crippen molar-refractivity contribution in [1.29, 1.82) is 0 Å². The normalized spacial score (nSPS) is 31.0.